The number of para-hydroxylation sites is 1. The summed E-state index contributed by atoms with van der Waals surface area (Å²) in [6.07, 6.45) is 0.786. The fraction of sp³-hybridized carbons (Fsp3) is 0.222. The summed E-state index contributed by atoms with van der Waals surface area (Å²) in [7, 11) is 0. The van der Waals surface area contributed by atoms with Crippen molar-refractivity contribution in [2.24, 2.45) is 0 Å². The molecule has 3 rings (SSSR count). The molecule has 1 aliphatic rings. The molecule has 112 valence electrons. The molecule has 1 unspecified atom stereocenters. The Morgan fingerprint density at radius 1 is 1.09 bits per heavy atom. The first-order chi connectivity index (χ1) is 10.7. The fourth-order valence-corrected chi connectivity index (χ4v) is 2.84. The van der Waals surface area contributed by atoms with Crippen LogP contribution in [-0.4, -0.2) is 17.9 Å². The van der Waals surface area contributed by atoms with Gasteiger partial charge in [0.25, 0.3) is 0 Å². The van der Waals surface area contributed by atoms with Gasteiger partial charge < -0.3 is 10.2 Å². The molecule has 0 fully saturated rings. The lowest BCUT2D eigenvalue weighted by Crippen LogP contribution is -2.45. The maximum atomic E-state index is 12.5. The summed E-state index contributed by atoms with van der Waals surface area (Å²) in [6.45, 7) is 2.32. The van der Waals surface area contributed by atoms with Gasteiger partial charge in [-0.2, -0.15) is 0 Å². The second-order valence-electron chi connectivity index (χ2n) is 5.53. The fourth-order valence-electron chi connectivity index (χ4n) is 2.84. The molecule has 0 aromatic heterocycles. The highest BCUT2D eigenvalue weighted by Crippen LogP contribution is 2.31. The van der Waals surface area contributed by atoms with Gasteiger partial charge in [0.2, 0.25) is 0 Å². The Labute approximate surface area is 129 Å². The van der Waals surface area contributed by atoms with E-state index in [-0.39, 0.29) is 6.04 Å². The van der Waals surface area contributed by atoms with Gasteiger partial charge in [-0.15, -0.1) is 0 Å². The van der Waals surface area contributed by atoms with E-state index in [0.717, 1.165) is 23.2 Å². The summed E-state index contributed by atoms with van der Waals surface area (Å²) in [4.78, 5) is 26.2. The molecule has 0 saturated carbocycles. The number of hydrogen-bond donors (Lipinski definition) is 1. The van der Waals surface area contributed by atoms with Crippen LogP contribution in [0, 0.1) is 0 Å². The summed E-state index contributed by atoms with van der Waals surface area (Å²) in [6, 6.07) is 17.3. The summed E-state index contributed by atoms with van der Waals surface area (Å²) in [5, 5.41) is 2.70. The molecule has 2 amide bonds. The number of nitrogens with zero attached hydrogens (tertiary/aromatic N) is 1. The largest absolute Gasteiger partial charge is 0.344 e. The Hall–Kier alpha value is -2.62. The van der Waals surface area contributed by atoms with Crippen molar-refractivity contribution in [2.45, 2.75) is 25.9 Å². The Kier molecular flexibility index (Phi) is 3.92. The molecule has 0 spiro atoms. The second kappa shape index (κ2) is 6.02. The number of amides is 2. The Bertz CT molecular complexity index is 697. The third-order valence-electron chi connectivity index (χ3n) is 3.92. The number of rotatable bonds is 2. The second-order valence-corrected chi connectivity index (χ2v) is 5.53. The molecule has 0 saturated heterocycles. The summed E-state index contributed by atoms with van der Waals surface area (Å²) in [5.41, 5.74) is 2.92. The highest BCUT2D eigenvalue weighted by Gasteiger charge is 2.33. The van der Waals surface area contributed by atoms with Gasteiger partial charge in [0, 0.05) is 18.3 Å². The molecule has 0 radical (unpaired) electrons. The summed E-state index contributed by atoms with van der Waals surface area (Å²) < 4.78 is 0. The van der Waals surface area contributed by atoms with Crippen LogP contribution in [0.25, 0.3) is 0 Å². The Morgan fingerprint density at radius 2 is 1.77 bits per heavy atom. The van der Waals surface area contributed by atoms with Crippen molar-refractivity contribution in [1.29, 1.82) is 0 Å². The molecule has 4 nitrogen and oxygen atoms in total. The lowest BCUT2D eigenvalue weighted by molar-refractivity contribution is -0.137. The van der Waals surface area contributed by atoms with E-state index in [1.165, 1.54) is 0 Å². The van der Waals surface area contributed by atoms with Crippen LogP contribution in [0.1, 0.15) is 18.1 Å². The third kappa shape index (κ3) is 2.72. The Balaban J connectivity index is 1.70. The van der Waals surface area contributed by atoms with E-state index in [1.807, 2.05) is 61.5 Å². The molecule has 2 aromatic rings. The average Bonchev–Trinajstić information content (AvgIpc) is 2.88. The predicted molar refractivity (Wildman–Crippen MR) is 85.4 cm³/mol. The standard InChI is InChI=1S/C18H18N2O2/c1-13-11-15-9-5-6-10-16(15)20(13)18(22)17(21)19-12-14-7-3-2-4-8-14/h2-10,13H,11-12H2,1H3,(H,19,21). The van der Waals surface area contributed by atoms with E-state index < -0.39 is 11.8 Å². The van der Waals surface area contributed by atoms with E-state index in [9.17, 15) is 9.59 Å². The number of nitrogens with one attached hydrogen (secondary N) is 1. The molecular formula is C18H18N2O2. The maximum absolute atomic E-state index is 12.5. The predicted octanol–water partition coefficient (Wildman–Crippen LogP) is 2.28. The van der Waals surface area contributed by atoms with Crippen LogP contribution in [-0.2, 0) is 22.6 Å². The molecule has 0 aliphatic carbocycles. The van der Waals surface area contributed by atoms with Crippen molar-refractivity contribution in [3.63, 3.8) is 0 Å². The van der Waals surface area contributed by atoms with Crippen LogP contribution in [0.5, 0.6) is 0 Å². The molecule has 2 aromatic carbocycles. The lowest BCUT2D eigenvalue weighted by Gasteiger charge is -2.22. The lowest BCUT2D eigenvalue weighted by atomic mass is 10.1. The van der Waals surface area contributed by atoms with Gasteiger partial charge in [-0.25, -0.2) is 0 Å². The zero-order chi connectivity index (χ0) is 15.5. The SMILES string of the molecule is CC1Cc2ccccc2N1C(=O)C(=O)NCc1ccccc1. The molecule has 1 aliphatic heterocycles. The number of benzene rings is 2. The van der Waals surface area contributed by atoms with E-state index in [2.05, 4.69) is 5.32 Å². The zero-order valence-corrected chi connectivity index (χ0v) is 12.5. The molecule has 1 N–H and O–H groups in total. The van der Waals surface area contributed by atoms with Gasteiger partial charge in [-0.05, 0) is 30.5 Å². The molecule has 4 heteroatoms. The highest BCUT2D eigenvalue weighted by molar-refractivity contribution is 6.40. The van der Waals surface area contributed by atoms with Gasteiger partial charge in [-0.1, -0.05) is 48.5 Å². The number of anilines is 1. The summed E-state index contributed by atoms with van der Waals surface area (Å²) >= 11 is 0. The average molecular weight is 294 g/mol. The number of fused-ring (bicyclic) bond motifs is 1. The third-order valence-corrected chi connectivity index (χ3v) is 3.92. The molecule has 22 heavy (non-hydrogen) atoms. The zero-order valence-electron chi connectivity index (χ0n) is 12.5. The topological polar surface area (TPSA) is 49.4 Å². The monoisotopic (exact) mass is 294 g/mol. The van der Waals surface area contributed by atoms with Crippen LogP contribution in [0.2, 0.25) is 0 Å². The Morgan fingerprint density at radius 3 is 2.55 bits per heavy atom. The van der Waals surface area contributed by atoms with Crippen molar-refractivity contribution in [2.75, 3.05) is 4.90 Å². The van der Waals surface area contributed by atoms with Gasteiger partial charge in [-0.3, -0.25) is 9.59 Å². The van der Waals surface area contributed by atoms with Gasteiger partial charge in [0.1, 0.15) is 0 Å². The van der Waals surface area contributed by atoms with Crippen molar-refractivity contribution >= 4 is 17.5 Å². The number of carbonyl (C=O) groups excluding carboxylic acids is 2. The molecule has 1 atom stereocenters. The van der Waals surface area contributed by atoms with Crippen molar-refractivity contribution in [3.8, 4) is 0 Å². The normalized spacial score (nSPS) is 16.2. The first-order valence-corrected chi connectivity index (χ1v) is 7.40. The van der Waals surface area contributed by atoms with E-state index in [1.54, 1.807) is 4.90 Å². The van der Waals surface area contributed by atoms with E-state index in [0.29, 0.717) is 6.54 Å². The van der Waals surface area contributed by atoms with Crippen molar-refractivity contribution < 1.29 is 9.59 Å². The quantitative estimate of drug-likeness (QED) is 0.864. The minimum atomic E-state index is -0.563. The minimum Gasteiger partial charge on any atom is -0.344 e. The van der Waals surface area contributed by atoms with Crippen LogP contribution in [0.15, 0.2) is 54.6 Å². The van der Waals surface area contributed by atoms with Crippen LogP contribution < -0.4 is 10.2 Å². The first kappa shape index (κ1) is 14.3. The van der Waals surface area contributed by atoms with Crippen LogP contribution in [0.4, 0.5) is 5.69 Å². The van der Waals surface area contributed by atoms with Crippen LogP contribution >= 0.6 is 0 Å². The molecular weight excluding hydrogens is 276 g/mol. The van der Waals surface area contributed by atoms with E-state index >= 15 is 0 Å². The van der Waals surface area contributed by atoms with Gasteiger partial charge >= 0.3 is 11.8 Å². The first-order valence-electron chi connectivity index (χ1n) is 7.40. The van der Waals surface area contributed by atoms with Crippen molar-refractivity contribution in [3.05, 3.63) is 65.7 Å². The number of hydrogen-bond acceptors (Lipinski definition) is 2. The van der Waals surface area contributed by atoms with E-state index in [4.69, 9.17) is 0 Å². The smallest absolute Gasteiger partial charge is 0.316 e. The highest BCUT2D eigenvalue weighted by atomic mass is 16.2. The van der Waals surface area contributed by atoms with Gasteiger partial charge in [0.15, 0.2) is 0 Å². The van der Waals surface area contributed by atoms with Crippen LogP contribution in [0.3, 0.4) is 0 Å². The number of carbonyl (C=O) groups is 2. The minimum absolute atomic E-state index is 0.00683. The molecule has 0 bridgehead atoms. The van der Waals surface area contributed by atoms with Crippen molar-refractivity contribution in [1.82, 2.24) is 5.32 Å². The maximum Gasteiger partial charge on any atom is 0.316 e. The molecule has 1 heterocycles. The summed E-state index contributed by atoms with van der Waals surface area (Å²) in [5.74, 6) is -1.05. The van der Waals surface area contributed by atoms with Gasteiger partial charge in [0.05, 0.1) is 0 Å².